The van der Waals surface area contributed by atoms with Crippen LogP contribution in [-0.2, 0) is 6.54 Å². The van der Waals surface area contributed by atoms with Gasteiger partial charge in [-0.3, -0.25) is 0 Å². The summed E-state index contributed by atoms with van der Waals surface area (Å²) in [6.45, 7) is 4.04. The van der Waals surface area contributed by atoms with E-state index in [0.29, 0.717) is 5.92 Å². The van der Waals surface area contributed by atoms with Crippen LogP contribution in [0.15, 0.2) is 54.6 Å². The van der Waals surface area contributed by atoms with Gasteiger partial charge in [0.15, 0.2) is 0 Å². The van der Waals surface area contributed by atoms with Crippen LogP contribution < -0.4 is 10.1 Å². The van der Waals surface area contributed by atoms with Gasteiger partial charge in [0.1, 0.15) is 5.75 Å². The van der Waals surface area contributed by atoms with Crippen molar-refractivity contribution in [1.82, 2.24) is 5.32 Å². The summed E-state index contributed by atoms with van der Waals surface area (Å²) in [4.78, 5) is 0. The minimum absolute atomic E-state index is 0.510. The van der Waals surface area contributed by atoms with Gasteiger partial charge in [-0.15, -0.1) is 0 Å². The molecular formula is C17H21NO. The molecule has 0 bridgehead atoms. The predicted molar refractivity (Wildman–Crippen MR) is 79.6 cm³/mol. The van der Waals surface area contributed by atoms with E-state index < -0.39 is 0 Å². The van der Waals surface area contributed by atoms with Crippen molar-refractivity contribution in [3.8, 4) is 5.75 Å². The summed E-state index contributed by atoms with van der Waals surface area (Å²) in [7, 11) is 1.71. The molecule has 0 saturated heterocycles. The molecule has 1 N–H and O–H groups in total. The molecule has 1 atom stereocenters. The fourth-order valence-corrected chi connectivity index (χ4v) is 2.17. The minimum atomic E-state index is 0.510. The molecule has 0 amide bonds. The van der Waals surface area contributed by atoms with E-state index in [4.69, 9.17) is 4.74 Å². The van der Waals surface area contributed by atoms with Gasteiger partial charge in [-0.25, -0.2) is 0 Å². The Hall–Kier alpha value is -1.80. The number of rotatable bonds is 6. The SMILES string of the molecule is COc1ccccc1CNC[C@@H](C)c1ccccc1. The van der Waals surface area contributed by atoms with Gasteiger partial charge in [-0.2, -0.15) is 0 Å². The van der Waals surface area contributed by atoms with Crippen molar-refractivity contribution >= 4 is 0 Å². The van der Waals surface area contributed by atoms with Gasteiger partial charge in [0, 0.05) is 18.7 Å². The largest absolute Gasteiger partial charge is 0.496 e. The van der Waals surface area contributed by atoms with Gasteiger partial charge in [-0.05, 0) is 17.5 Å². The first-order valence-corrected chi connectivity index (χ1v) is 6.69. The maximum atomic E-state index is 5.35. The fraction of sp³-hybridized carbons (Fsp3) is 0.294. The van der Waals surface area contributed by atoms with Crippen LogP contribution in [0.1, 0.15) is 24.0 Å². The molecule has 2 aromatic rings. The second-order valence-corrected chi connectivity index (χ2v) is 4.75. The standard InChI is InChI=1S/C17H21NO/c1-14(15-8-4-3-5-9-15)12-18-13-16-10-6-7-11-17(16)19-2/h3-11,14,18H,12-13H2,1-2H3/t14-/m1/s1. The third-order valence-electron chi connectivity index (χ3n) is 3.33. The Bertz CT molecular complexity index is 496. The van der Waals surface area contributed by atoms with Crippen LogP contribution in [0, 0.1) is 0 Å². The molecule has 2 aromatic carbocycles. The number of para-hydroxylation sites is 1. The number of nitrogens with one attached hydrogen (secondary N) is 1. The molecule has 0 aliphatic rings. The maximum absolute atomic E-state index is 5.35. The van der Waals surface area contributed by atoms with Crippen molar-refractivity contribution < 1.29 is 4.74 Å². The molecule has 0 spiro atoms. The second kappa shape index (κ2) is 6.95. The molecule has 0 unspecified atom stereocenters. The zero-order valence-electron chi connectivity index (χ0n) is 11.6. The minimum Gasteiger partial charge on any atom is -0.496 e. The summed E-state index contributed by atoms with van der Waals surface area (Å²) in [6.07, 6.45) is 0. The molecule has 0 aromatic heterocycles. The smallest absolute Gasteiger partial charge is 0.123 e. The van der Waals surface area contributed by atoms with Crippen molar-refractivity contribution in [2.24, 2.45) is 0 Å². The zero-order valence-corrected chi connectivity index (χ0v) is 11.6. The average Bonchev–Trinajstić information content (AvgIpc) is 2.48. The van der Waals surface area contributed by atoms with E-state index in [0.717, 1.165) is 18.8 Å². The normalized spacial score (nSPS) is 12.1. The number of hydrogen-bond donors (Lipinski definition) is 1. The van der Waals surface area contributed by atoms with Crippen LogP contribution in [0.2, 0.25) is 0 Å². The summed E-state index contributed by atoms with van der Waals surface area (Å²) >= 11 is 0. The molecule has 0 fully saturated rings. The van der Waals surface area contributed by atoms with E-state index in [1.807, 2.05) is 18.2 Å². The lowest BCUT2D eigenvalue weighted by Crippen LogP contribution is -2.19. The Morgan fingerprint density at radius 1 is 1.00 bits per heavy atom. The first-order chi connectivity index (χ1) is 9.31. The van der Waals surface area contributed by atoms with Crippen LogP contribution in [-0.4, -0.2) is 13.7 Å². The summed E-state index contributed by atoms with van der Waals surface area (Å²) in [6, 6.07) is 18.7. The molecule has 0 radical (unpaired) electrons. The molecular weight excluding hydrogens is 234 g/mol. The van der Waals surface area contributed by atoms with E-state index in [1.54, 1.807) is 7.11 Å². The summed E-state index contributed by atoms with van der Waals surface area (Å²) in [5.41, 5.74) is 2.57. The molecule has 2 rings (SSSR count). The highest BCUT2D eigenvalue weighted by molar-refractivity contribution is 5.33. The van der Waals surface area contributed by atoms with E-state index in [1.165, 1.54) is 11.1 Å². The number of methoxy groups -OCH3 is 1. The highest BCUT2D eigenvalue weighted by Crippen LogP contribution is 2.18. The molecule has 0 heterocycles. The number of benzene rings is 2. The van der Waals surface area contributed by atoms with Crippen molar-refractivity contribution in [2.45, 2.75) is 19.4 Å². The van der Waals surface area contributed by atoms with E-state index in [9.17, 15) is 0 Å². The van der Waals surface area contributed by atoms with Gasteiger partial charge >= 0.3 is 0 Å². The lowest BCUT2D eigenvalue weighted by molar-refractivity contribution is 0.407. The zero-order chi connectivity index (χ0) is 13.5. The first kappa shape index (κ1) is 13.6. The third-order valence-corrected chi connectivity index (χ3v) is 3.33. The Morgan fingerprint density at radius 2 is 1.68 bits per heavy atom. The van der Waals surface area contributed by atoms with Gasteiger partial charge in [0.05, 0.1) is 7.11 Å². The van der Waals surface area contributed by atoms with E-state index >= 15 is 0 Å². The van der Waals surface area contributed by atoms with Crippen LogP contribution >= 0.6 is 0 Å². The average molecular weight is 255 g/mol. The Balaban J connectivity index is 1.87. The first-order valence-electron chi connectivity index (χ1n) is 6.69. The fourth-order valence-electron chi connectivity index (χ4n) is 2.17. The number of ether oxygens (including phenoxy) is 1. The molecule has 0 saturated carbocycles. The highest BCUT2D eigenvalue weighted by Gasteiger charge is 2.05. The molecule has 19 heavy (non-hydrogen) atoms. The second-order valence-electron chi connectivity index (χ2n) is 4.75. The monoisotopic (exact) mass is 255 g/mol. The third kappa shape index (κ3) is 3.83. The number of hydrogen-bond acceptors (Lipinski definition) is 2. The van der Waals surface area contributed by atoms with Gasteiger partial charge < -0.3 is 10.1 Å². The quantitative estimate of drug-likeness (QED) is 0.851. The van der Waals surface area contributed by atoms with Crippen molar-refractivity contribution in [2.75, 3.05) is 13.7 Å². The van der Waals surface area contributed by atoms with E-state index in [-0.39, 0.29) is 0 Å². The lowest BCUT2D eigenvalue weighted by atomic mass is 10.0. The topological polar surface area (TPSA) is 21.3 Å². The summed E-state index contributed by atoms with van der Waals surface area (Å²) < 4.78 is 5.35. The van der Waals surface area contributed by atoms with Crippen LogP contribution in [0.4, 0.5) is 0 Å². The molecule has 2 heteroatoms. The predicted octanol–water partition coefficient (Wildman–Crippen LogP) is 3.59. The van der Waals surface area contributed by atoms with E-state index in [2.05, 4.69) is 48.6 Å². The summed E-state index contributed by atoms with van der Waals surface area (Å²) in [5.74, 6) is 1.46. The Labute approximate surface area is 115 Å². The maximum Gasteiger partial charge on any atom is 0.123 e. The molecule has 0 aliphatic carbocycles. The Morgan fingerprint density at radius 3 is 2.42 bits per heavy atom. The van der Waals surface area contributed by atoms with Crippen molar-refractivity contribution in [3.05, 3.63) is 65.7 Å². The molecule has 2 nitrogen and oxygen atoms in total. The summed E-state index contributed by atoms with van der Waals surface area (Å²) in [5, 5.41) is 3.49. The molecule has 0 aliphatic heterocycles. The molecule has 100 valence electrons. The Kier molecular flexibility index (Phi) is 4.99. The van der Waals surface area contributed by atoms with Crippen LogP contribution in [0.5, 0.6) is 5.75 Å². The highest BCUT2D eigenvalue weighted by atomic mass is 16.5. The van der Waals surface area contributed by atoms with Crippen LogP contribution in [0.3, 0.4) is 0 Å². The van der Waals surface area contributed by atoms with Crippen molar-refractivity contribution in [3.63, 3.8) is 0 Å². The lowest BCUT2D eigenvalue weighted by Gasteiger charge is -2.14. The van der Waals surface area contributed by atoms with Gasteiger partial charge in [-0.1, -0.05) is 55.5 Å². The van der Waals surface area contributed by atoms with Crippen molar-refractivity contribution in [1.29, 1.82) is 0 Å². The van der Waals surface area contributed by atoms with Gasteiger partial charge in [0.2, 0.25) is 0 Å². The van der Waals surface area contributed by atoms with Gasteiger partial charge in [0.25, 0.3) is 0 Å². The van der Waals surface area contributed by atoms with Crippen LogP contribution in [0.25, 0.3) is 0 Å².